The monoisotopic (exact) mass is 224 g/mol. The lowest BCUT2D eigenvalue weighted by Crippen LogP contribution is -2.33. The van der Waals surface area contributed by atoms with E-state index in [1.54, 1.807) is 0 Å². The van der Waals surface area contributed by atoms with Gasteiger partial charge in [0.15, 0.2) is 0 Å². The van der Waals surface area contributed by atoms with Crippen molar-refractivity contribution in [1.82, 2.24) is 10.2 Å². The first-order valence-corrected chi connectivity index (χ1v) is 7.33. The molecule has 0 aromatic rings. The highest BCUT2D eigenvalue weighted by molar-refractivity contribution is 4.80. The van der Waals surface area contributed by atoms with Crippen molar-refractivity contribution in [1.29, 1.82) is 0 Å². The Kier molecular flexibility index (Phi) is 5.11. The summed E-state index contributed by atoms with van der Waals surface area (Å²) in [5, 5.41) is 3.60. The van der Waals surface area contributed by atoms with Gasteiger partial charge in [0.25, 0.3) is 0 Å². The van der Waals surface area contributed by atoms with E-state index in [4.69, 9.17) is 0 Å². The maximum absolute atomic E-state index is 3.60. The molecule has 0 aromatic heterocycles. The highest BCUT2D eigenvalue weighted by Gasteiger charge is 2.19. The topological polar surface area (TPSA) is 15.3 Å². The zero-order chi connectivity index (χ0) is 11.2. The zero-order valence-electron chi connectivity index (χ0n) is 10.9. The Bertz CT molecular complexity index is 189. The summed E-state index contributed by atoms with van der Waals surface area (Å²) in [6.45, 7) is 6.32. The van der Waals surface area contributed by atoms with Crippen LogP contribution in [0.3, 0.4) is 0 Å². The number of nitrogens with zero attached hydrogens (tertiary/aromatic N) is 1. The summed E-state index contributed by atoms with van der Waals surface area (Å²) in [4.78, 5) is 2.71. The van der Waals surface area contributed by atoms with E-state index in [1.165, 1.54) is 71.0 Å². The summed E-state index contributed by atoms with van der Waals surface area (Å²) in [6.07, 6.45) is 11.3. The van der Waals surface area contributed by atoms with Gasteiger partial charge < -0.3 is 10.2 Å². The summed E-state index contributed by atoms with van der Waals surface area (Å²) in [6, 6.07) is 1.72. The SMILES string of the molecule is CC1CCCCCN1CCCCNC1CC1. The molecule has 1 unspecified atom stereocenters. The van der Waals surface area contributed by atoms with Crippen LogP contribution in [0.5, 0.6) is 0 Å². The maximum Gasteiger partial charge on any atom is 0.00682 e. The lowest BCUT2D eigenvalue weighted by molar-refractivity contribution is 0.209. The molecule has 2 rings (SSSR count). The second-order valence-corrected chi connectivity index (χ2v) is 5.67. The van der Waals surface area contributed by atoms with E-state index in [0.29, 0.717) is 0 Å². The molecule has 2 fully saturated rings. The predicted molar refractivity (Wildman–Crippen MR) is 69.8 cm³/mol. The molecule has 1 atom stereocenters. The molecule has 0 amide bonds. The van der Waals surface area contributed by atoms with Gasteiger partial charge in [0.05, 0.1) is 0 Å². The second kappa shape index (κ2) is 6.61. The molecule has 1 aliphatic carbocycles. The van der Waals surface area contributed by atoms with Crippen molar-refractivity contribution >= 4 is 0 Å². The molecule has 1 aliphatic heterocycles. The molecule has 1 heterocycles. The molecule has 2 aliphatic rings. The van der Waals surface area contributed by atoms with Crippen LogP contribution in [0.15, 0.2) is 0 Å². The number of hydrogen-bond acceptors (Lipinski definition) is 2. The average Bonchev–Trinajstić information content (AvgIpc) is 3.08. The van der Waals surface area contributed by atoms with E-state index >= 15 is 0 Å². The number of nitrogens with one attached hydrogen (secondary N) is 1. The Morgan fingerprint density at radius 2 is 1.94 bits per heavy atom. The molecule has 94 valence electrons. The minimum Gasteiger partial charge on any atom is -0.314 e. The fourth-order valence-electron chi connectivity index (χ4n) is 2.70. The van der Waals surface area contributed by atoms with Gasteiger partial charge in [0, 0.05) is 12.1 Å². The van der Waals surface area contributed by atoms with Crippen molar-refractivity contribution in [2.75, 3.05) is 19.6 Å². The minimum atomic E-state index is 0.832. The molecule has 16 heavy (non-hydrogen) atoms. The third kappa shape index (κ3) is 4.42. The first-order chi connectivity index (χ1) is 7.86. The zero-order valence-corrected chi connectivity index (χ0v) is 10.9. The molecular formula is C14H28N2. The van der Waals surface area contributed by atoms with Crippen LogP contribution in [0, 0.1) is 0 Å². The molecule has 0 spiro atoms. The van der Waals surface area contributed by atoms with E-state index in [0.717, 1.165) is 12.1 Å². The van der Waals surface area contributed by atoms with Gasteiger partial charge >= 0.3 is 0 Å². The Labute approximate surface area is 101 Å². The van der Waals surface area contributed by atoms with Gasteiger partial charge in [-0.05, 0) is 65.1 Å². The minimum absolute atomic E-state index is 0.832. The molecule has 1 saturated heterocycles. The smallest absolute Gasteiger partial charge is 0.00682 e. The van der Waals surface area contributed by atoms with Crippen LogP contribution in [0.2, 0.25) is 0 Å². The molecule has 0 radical (unpaired) electrons. The van der Waals surface area contributed by atoms with Gasteiger partial charge in [-0.1, -0.05) is 12.8 Å². The van der Waals surface area contributed by atoms with Gasteiger partial charge in [-0.25, -0.2) is 0 Å². The third-order valence-electron chi connectivity index (χ3n) is 4.07. The van der Waals surface area contributed by atoms with Crippen LogP contribution >= 0.6 is 0 Å². The van der Waals surface area contributed by atoms with Crippen molar-refractivity contribution in [3.8, 4) is 0 Å². The average molecular weight is 224 g/mol. The van der Waals surface area contributed by atoms with E-state index < -0.39 is 0 Å². The van der Waals surface area contributed by atoms with E-state index in [1.807, 2.05) is 0 Å². The van der Waals surface area contributed by atoms with E-state index in [9.17, 15) is 0 Å². The summed E-state index contributed by atoms with van der Waals surface area (Å²) >= 11 is 0. The number of rotatable bonds is 6. The van der Waals surface area contributed by atoms with E-state index in [2.05, 4.69) is 17.1 Å². The quantitative estimate of drug-likeness (QED) is 0.698. The van der Waals surface area contributed by atoms with Crippen LogP contribution < -0.4 is 5.32 Å². The van der Waals surface area contributed by atoms with Crippen molar-refractivity contribution in [2.24, 2.45) is 0 Å². The van der Waals surface area contributed by atoms with Crippen LogP contribution in [-0.4, -0.2) is 36.6 Å². The molecule has 1 N–H and O–H groups in total. The van der Waals surface area contributed by atoms with Crippen LogP contribution in [0.25, 0.3) is 0 Å². The molecular weight excluding hydrogens is 196 g/mol. The highest BCUT2D eigenvalue weighted by Crippen LogP contribution is 2.19. The standard InChI is InChI=1S/C14H28N2/c1-13-7-3-2-5-11-16(13)12-6-4-10-15-14-8-9-14/h13-15H,2-12H2,1H3. The van der Waals surface area contributed by atoms with Gasteiger partial charge in [-0.2, -0.15) is 0 Å². The van der Waals surface area contributed by atoms with Crippen LogP contribution in [-0.2, 0) is 0 Å². The van der Waals surface area contributed by atoms with Crippen molar-refractivity contribution in [2.45, 2.75) is 70.4 Å². The summed E-state index contributed by atoms with van der Waals surface area (Å²) in [5.41, 5.74) is 0. The van der Waals surface area contributed by atoms with Gasteiger partial charge in [-0.3, -0.25) is 0 Å². The summed E-state index contributed by atoms with van der Waals surface area (Å²) < 4.78 is 0. The molecule has 0 aromatic carbocycles. The summed E-state index contributed by atoms with van der Waals surface area (Å²) in [7, 11) is 0. The predicted octanol–water partition coefficient (Wildman–Crippen LogP) is 2.78. The third-order valence-corrected chi connectivity index (χ3v) is 4.07. The number of unbranched alkanes of at least 4 members (excludes halogenated alkanes) is 1. The lowest BCUT2D eigenvalue weighted by Gasteiger charge is -2.26. The largest absolute Gasteiger partial charge is 0.314 e. The molecule has 2 nitrogen and oxygen atoms in total. The number of hydrogen-bond donors (Lipinski definition) is 1. The summed E-state index contributed by atoms with van der Waals surface area (Å²) in [5.74, 6) is 0. The van der Waals surface area contributed by atoms with Crippen molar-refractivity contribution in [3.63, 3.8) is 0 Å². The van der Waals surface area contributed by atoms with E-state index in [-0.39, 0.29) is 0 Å². The normalized spacial score (nSPS) is 27.9. The maximum atomic E-state index is 3.60. The lowest BCUT2D eigenvalue weighted by atomic mass is 10.1. The fraction of sp³-hybridized carbons (Fsp3) is 1.00. The van der Waals surface area contributed by atoms with Crippen molar-refractivity contribution < 1.29 is 0 Å². The Hall–Kier alpha value is -0.0800. The van der Waals surface area contributed by atoms with Gasteiger partial charge in [-0.15, -0.1) is 0 Å². The first kappa shape index (κ1) is 12.4. The van der Waals surface area contributed by atoms with Gasteiger partial charge in [0.2, 0.25) is 0 Å². The Morgan fingerprint density at radius 1 is 1.06 bits per heavy atom. The molecule has 2 heteroatoms. The van der Waals surface area contributed by atoms with Crippen molar-refractivity contribution in [3.05, 3.63) is 0 Å². The second-order valence-electron chi connectivity index (χ2n) is 5.67. The molecule has 1 saturated carbocycles. The van der Waals surface area contributed by atoms with Gasteiger partial charge in [0.1, 0.15) is 0 Å². The Balaban J connectivity index is 1.52. The van der Waals surface area contributed by atoms with Crippen LogP contribution in [0.4, 0.5) is 0 Å². The Morgan fingerprint density at radius 3 is 2.75 bits per heavy atom. The number of likely N-dealkylation sites (tertiary alicyclic amines) is 1. The highest BCUT2D eigenvalue weighted by atomic mass is 15.1. The van der Waals surface area contributed by atoms with Crippen LogP contribution in [0.1, 0.15) is 58.3 Å². The fourth-order valence-corrected chi connectivity index (χ4v) is 2.70. The molecule has 0 bridgehead atoms. The first-order valence-electron chi connectivity index (χ1n) is 7.33.